The quantitative estimate of drug-likeness (QED) is 0.580. The topological polar surface area (TPSA) is 64.6 Å². The number of ether oxygens (including phenoxy) is 4. The van der Waals surface area contributed by atoms with Gasteiger partial charge in [-0.05, 0) is 43.9 Å². The van der Waals surface area contributed by atoms with Gasteiger partial charge in [0.05, 0.1) is 17.7 Å². The van der Waals surface area contributed by atoms with Crippen LogP contribution in [-0.4, -0.2) is 75.7 Å². The molecule has 2 atom stereocenters. The average molecular weight is 424 g/mol. The van der Waals surface area contributed by atoms with Crippen LogP contribution in [0.3, 0.4) is 0 Å². The summed E-state index contributed by atoms with van der Waals surface area (Å²) in [5.41, 5.74) is 1.10. The summed E-state index contributed by atoms with van der Waals surface area (Å²) in [5, 5.41) is 4.02. The van der Waals surface area contributed by atoms with Crippen LogP contribution in [-0.2, 0) is 15.9 Å². The van der Waals surface area contributed by atoms with Crippen molar-refractivity contribution >= 4 is 17.6 Å². The summed E-state index contributed by atoms with van der Waals surface area (Å²) in [6, 6.07) is 3.95. The smallest absolute Gasteiger partial charge is 0.194 e. The van der Waals surface area contributed by atoms with Gasteiger partial charge in [0.2, 0.25) is 0 Å². The number of nitrogens with zero attached hydrogens (tertiary/aromatic N) is 2. The molecule has 8 heteroatoms. The van der Waals surface area contributed by atoms with Crippen molar-refractivity contribution in [3.05, 3.63) is 22.7 Å². The number of hydrogen-bond acceptors (Lipinski definition) is 5. The fraction of sp³-hybridized carbons (Fsp3) is 0.667. The van der Waals surface area contributed by atoms with Gasteiger partial charge in [-0.15, -0.1) is 0 Å². The second kappa shape index (κ2) is 9.87. The van der Waals surface area contributed by atoms with Gasteiger partial charge in [-0.1, -0.05) is 11.6 Å². The Kier molecular flexibility index (Phi) is 7.00. The number of nitrogens with one attached hydrogen (secondary N) is 1. The largest absolute Gasteiger partial charge is 0.486 e. The minimum atomic E-state index is 0.117. The molecule has 29 heavy (non-hydrogen) atoms. The summed E-state index contributed by atoms with van der Waals surface area (Å²) in [6.45, 7) is 7.87. The third kappa shape index (κ3) is 5.08. The maximum atomic E-state index is 6.35. The maximum absolute atomic E-state index is 6.35. The minimum absolute atomic E-state index is 0.117. The first-order valence-electron chi connectivity index (χ1n) is 10.6. The standard InChI is InChI=1S/C21H30ClN3O4/c1-2-23-21(25-7-9-27-19(14-25)17-4-3-8-26-17)24-6-5-15-12-16(22)20-18(13-15)28-10-11-29-20/h12-13,17,19H,2-11,14H2,1H3,(H,23,24). The van der Waals surface area contributed by atoms with Crippen LogP contribution in [0.4, 0.5) is 0 Å². The zero-order valence-corrected chi connectivity index (χ0v) is 17.7. The molecule has 3 heterocycles. The summed E-state index contributed by atoms with van der Waals surface area (Å²) in [6.07, 6.45) is 3.31. The predicted molar refractivity (Wildman–Crippen MR) is 112 cm³/mol. The Morgan fingerprint density at radius 3 is 2.86 bits per heavy atom. The summed E-state index contributed by atoms with van der Waals surface area (Å²) in [7, 11) is 0. The highest BCUT2D eigenvalue weighted by Gasteiger charge is 2.32. The van der Waals surface area contributed by atoms with Gasteiger partial charge in [-0.3, -0.25) is 4.99 Å². The normalized spacial score (nSPS) is 24.6. The number of halogens is 1. The molecule has 0 spiro atoms. The van der Waals surface area contributed by atoms with Crippen LogP contribution in [0.2, 0.25) is 5.02 Å². The highest BCUT2D eigenvalue weighted by Crippen LogP contribution is 2.38. The summed E-state index contributed by atoms with van der Waals surface area (Å²) < 4.78 is 23.1. The number of hydrogen-bond donors (Lipinski definition) is 1. The van der Waals surface area contributed by atoms with Crippen molar-refractivity contribution in [3.8, 4) is 11.5 Å². The molecular formula is C21H30ClN3O4. The Morgan fingerprint density at radius 1 is 1.17 bits per heavy atom. The molecule has 1 N–H and O–H groups in total. The minimum Gasteiger partial charge on any atom is -0.486 e. The fourth-order valence-corrected chi connectivity index (χ4v) is 4.30. The van der Waals surface area contributed by atoms with Crippen molar-refractivity contribution in [1.29, 1.82) is 0 Å². The van der Waals surface area contributed by atoms with E-state index in [1.165, 1.54) is 0 Å². The summed E-state index contributed by atoms with van der Waals surface area (Å²) in [4.78, 5) is 7.14. The second-order valence-electron chi connectivity index (χ2n) is 7.49. The molecule has 2 fully saturated rings. The van der Waals surface area contributed by atoms with Crippen molar-refractivity contribution < 1.29 is 18.9 Å². The van der Waals surface area contributed by atoms with Crippen LogP contribution in [0.15, 0.2) is 17.1 Å². The number of morpholine rings is 1. The lowest BCUT2D eigenvalue weighted by atomic mass is 10.1. The molecule has 0 amide bonds. The van der Waals surface area contributed by atoms with E-state index in [-0.39, 0.29) is 12.2 Å². The van der Waals surface area contributed by atoms with E-state index in [9.17, 15) is 0 Å². The fourth-order valence-electron chi connectivity index (χ4n) is 4.01. The Bertz CT molecular complexity index is 724. The van der Waals surface area contributed by atoms with Gasteiger partial charge in [0.1, 0.15) is 19.3 Å². The van der Waals surface area contributed by atoms with Gasteiger partial charge in [0, 0.05) is 32.8 Å². The molecule has 2 saturated heterocycles. The number of aliphatic imine (C=N–C) groups is 1. The zero-order valence-electron chi connectivity index (χ0n) is 17.0. The third-order valence-corrected chi connectivity index (χ3v) is 5.71. The Hall–Kier alpha value is -1.70. The van der Waals surface area contributed by atoms with Crippen LogP contribution in [0, 0.1) is 0 Å². The van der Waals surface area contributed by atoms with E-state index in [0.717, 1.165) is 62.8 Å². The second-order valence-corrected chi connectivity index (χ2v) is 7.90. The van der Waals surface area contributed by atoms with Crippen LogP contribution in [0.25, 0.3) is 0 Å². The first-order valence-corrected chi connectivity index (χ1v) is 11.0. The molecular weight excluding hydrogens is 394 g/mol. The van der Waals surface area contributed by atoms with Crippen LogP contribution >= 0.6 is 11.6 Å². The van der Waals surface area contributed by atoms with E-state index in [2.05, 4.69) is 17.1 Å². The van der Waals surface area contributed by atoms with Crippen molar-refractivity contribution in [1.82, 2.24) is 10.2 Å². The van der Waals surface area contributed by atoms with E-state index < -0.39 is 0 Å². The van der Waals surface area contributed by atoms with E-state index >= 15 is 0 Å². The Morgan fingerprint density at radius 2 is 2.03 bits per heavy atom. The molecule has 7 nitrogen and oxygen atoms in total. The van der Waals surface area contributed by atoms with E-state index in [1.807, 2.05) is 12.1 Å². The van der Waals surface area contributed by atoms with Crippen LogP contribution < -0.4 is 14.8 Å². The first kappa shape index (κ1) is 20.6. The number of fused-ring (bicyclic) bond motifs is 1. The lowest BCUT2D eigenvalue weighted by Crippen LogP contribution is -2.53. The molecule has 4 rings (SSSR count). The van der Waals surface area contributed by atoms with Gasteiger partial charge in [0.25, 0.3) is 0 Å². The molecule has 3 aliphatic heterocycles. The Balaban J connectivity index is 1.39. The molecule has 0 radical (unpaired) electrons. The monoisotopic (exact) mass is 423 g/mol. The number of guanidine groups is 1. The average Bonchev–Trinajstić information content (AvgIpc) is 3.28. The molecule has 2 unspecified atom stereocenters. The molecule has 160 valence electrons. The van der Waals surface area contributed by atoms with Crippen LogP contribution in [0.1, 0.15) is 25.3 Å². The van der Waals surface area contributed by atoms with Crippen LogP contribution in [0.5, 0.6) is 11.5 Å². The van der Waals surface area contributed by atoms with Crippen molar-refractivity contribution in [2.45, 2.75) is 38.4 Å². The van der Waals surface area contributed by atoms with E-state index in [4.69, 9.17) is 35.5 Å². The third-order valence-electron chi connectivity index (χ3n) is 5.43. The summed E-state index contributed by atoms with van der Waals surface area (Å²) in [5.74, 6) is 2.30. The highest BCUT2D eigenvalue weighted by molar-refractivity contribution is 6.32. The lowest BCUT2D eigenvalue weighted by molar-refractivity contribution is -0.0817. The SMILES string of the molecule is CCNC(=NCCc1cc(Cl)c2c(c1)OCCO2)N1CCOC(C2CCCO2)C1. The lowest BCUT2D eigenvalue weighted by Gasteiger charge is -2.37. The predicted octanol–water partition coefficient (Wildman–Crippen LogP) is 2.50. The van der Waals surface area contributed by atoms with Crippen molar-refractivity contribution in [2.24, 2.45) is 4.99 Å². The van der Waals surface area contributed by atoms with Gasteiger partial charge < -0.3 is 29.2 Å². The molecule has 1 aromatic rings. The molecule has 0 bridgehead atoms. The molecule has 0 aliphatic carbocycles. The maximum Gasteiger partial charge on any atom is 0.194 e. The zero-order chi connectivity index (χ0) is 20.1. The van der Waals surface area contributed by atoms with Gasteiger partial charge in [-0.2, -0.15) is 0 Å². The first-order chi connectivity index (χ1) is 14.2. The molecule has 1 aromatic carbocycles. The van der Waals surface area contributed by atoms with Gasteiger partial charge in [0.15, 0.2) is 17.5 Å². The van der Waals surface area contributed by atoms with E-state index in [1.54, 1.807) is 0 Å². The number of benzene rings is 1. The van der Waals surface area contributed by atoms with Crippen molar-refractivity contribution in [2.75, 3.05) is 52.6 Å². The molecule has 3 aliphatic rings. The van der Waals surface area contributed by atoms with Crippen molar-refractivity contribution in [3.63, 3.8) is 0 Å². The van der Waals surface area contributed by atoms with Gasteiger partial charge >= 0.3 is 0 Å². The molecule has 0 aromatic heterocycles. The van der Waals surface area contributed by atoms with E-state index in [0.29, 0.717) is 37.1 Å². The highest BCUT2D eigenvalue weighted by atomic mass is 35.5. The van der Waals surface area contributed by atoms with Gasteiger partial charge in [-0.25, -0.2) is 0 Å². The molecule has 0 saturated carbocycles. The Labute approximate surface area is 177 Å². The summed E-state index contributed by atoms with van der Waals surface area (Å²) >= 11 is 6.35. The number of rotatable bonds is 5.